The van der Waals surface area contributed by atoms with Crippen LogP contribution in [0.5, 0.6) is 5.75 Å². The molecule has 2 rings (SSSR count). The quantitative estimate of drug-likeness (QED) is 0.942. The Kier molecular flexibility index (Phi) is 4.41. The maximum atomic E-state index is 12.0. The largest absolute Gasteiger partial charge is 0.435 e. The highest BCUT2D eigenvalue weighted by molar-refractivity contribution is 6.32. The molecular formula is C12H8ClF2N3O2. The zero-order chi connectivity index (χ0) is 14.5. The molecule has 8 heteroatoms. The number of alkyl halides is 2. The summed E-state index contributed by atoms with van der Waals surface area (Å²) in [5.74, 6) is -0.405. The van der Waals surface area contributed by atoms with Crippen LogP contribution in [0.1, 0.15) is 10.4 Å². The van der Waals surface area contributed by atoms with Gasteiger partial charge in [-0.15, -0.1) is 0 Å². The Hall–Kier alpha value is -2.28. The number of carbonyl (C=O) groups is 1. The Morgan fingerprint density at radius 2 is 1.85 bits per heavy atom. The number of amides is 1. The Morgan fingerprint density at radius 3 is 2.45 bits per heavy atom. The van der Waals surface area contributed by atoms with Crippen LogP contribution < -0.4 is 10.1 Å². The van der Waals surface area contributed by atoms with Gasteiger partial charge in [-0.25, -0.2) is 9.97 Å². The maximum Gasteiger partial charge on any atom is 0.387 e. The molecule has 1 aromatic carbocycles. The van der Waals surface area contributed by atoms with Crippen LogP contribution in [0.25, 0.3) is 0 Å². The Morgan fingerprint density at radius 1 is 1.20 bits per heavy atom. The number of hydrogen-bond acceptors (Lipinski definition) is 4. The Labute approximate surface area is 117 Å². The third kappa shape index (κ3) is 3.61. The SMILES string of the molecule is O=C(Nc1nccnc1Cl)c1ccc(OC(F)F)cc1. The van der Waals surface area contributed by atoms with Crippen LogP contribution in [-0.2, 0) is 0 Å². The highest BCUT2D eigenvalue weighted by atomic mass is 35.5. The molecule has 20 heavy (non-hydrogen) atoms. The second-order valence-electron chi connectivity index (χ2n) is 3.55. The van der Waals surface area contributed by atoms with Crippen molar-refractivity contribution in [3.63, 3.8) is 0 Å². The number of benzene rings is 1. The Balaban J connectivity index is 2.08. The third-order valence-corrected chi connectivity index (χ3v) is 2.50. The summed E-state index contributed by atoms with van der Waals surface area (Å²) < 4.78 is 28.1. The number of nitrogens with one attached hydrogen (secondary N) is 1. The van der Waals surface area contributed by atoms with Gasteiger partial charge in [0.2, 0.25) is 0 Å². The maximum absolute atomic E-state index is 12.0. The van der Waals surface area contributed by atoms with E-state index in [1.54, 1.807) is 0 Å². The normalized spacial score (nSPS) is 10.4. The zero-order valence-electron chi connectivity index (χ0n) is 9.89. The Bertz CT molecular complexity index is 608. The first-order valence-electron chi connectivity index (χ1n) is 5.39. The topological polar surface area (TPSA) is 64.1 Å². The first kappa shape index (κ1) is 14.1. The molecule has 0 saturated heterocycles. The molecule has 1 heterocycles. The molecule has 0 spiro atoms. The molecule has 1 amide bonds. The van der Waals surface area contributed by atoms with E-state index in [0.29, 0.717) is 0 Å². The number of ether oxygens (including phenoxy) is 1. The predicted octanol–water partition coefficient (Wildman–Crippen LogP) is 2.98. The highest BCUT2D eigenvalue weighted by Gasteiger charge is 2.11. The van der Waals surface area contributed by atoms with Gasteiger partial charge in [-0.3, -0.25) is 4.79 Å². The van der Waals surface area contributed by atoms with Crippen molar-refractivity contribution in [2.75, 3.05) is 5.32 Å². The lowest BCUT2D eigenvalue weighted by Crippen LogP contribution is -2.13. The number of carbonyl (C=O) groups excluding carboxylic acids is 1. The van der Waals surface area contributed by atoms with Crippen molar-refractivity contribution >= 4 is 23.3 Å². The fourth-order valence-electron chi connectivity index (χ4n) is 1.37. The molecule has 0 radical (unpaired) electrons. The smallest absolute Gasteiger partial charge is 0.387 e. The molecule has 0 unspecified atom stereocenters. The van der Waals surface area contributed by atoms with Gasteiger partial charge in [-0.2, -0.15) is 8.78 Å². The number of rotatable bonds is 4. The first-order chi connectivity index (χ1) is 9.56. The highest BCUT2D eigenvalue weighted by Crippen LogP contribution is 2.18. The summed E-state index contributed by atoms with van der Waals surface area (Å²) in [6.07, 6.45) is 2.76. The zero-order valence-corrected chi connectivity index (χ0v) is 10.6. The molecule has 0 bridgehead atoms. The molecule has 0 fully saturated rings. The first-order valence-corrected chi connectivity index (χ1v) is 5.77. The molecule has 0 aliphatic carbocycles. The summed E-state index contributed by atoms with van der Waals surface area (Å²) >= 11 is 5.75. The van der Waals surface area contributed by atoms with Crippen molar-refractivity contribution in [3.05, 3.63) is 47.4 Å². The van der Waals surface area contributed by atoms with E-state index >= 15 is 0 Å². The van der Waals surface area contributed by atoms with E-state index in [1.165, 1.54) is 36.7 Å². The molecule has 104 valence electrons. The van der Waals surface area contributed by atoms with Crippen molar-refractivity contribution < 1.29 is 18.3 Å². The van der Waals surface area contributed by atoms with E-state index in [0.717, 1.165) is 0 Å². The molecule has 0 saturated carbocycles. The molecule has 1 N–H and O–H groups in total. The second-order valence-corrected chi connectivity index (χ2v) is 3.91. The third-order valence-electron chi connectivity index (χ3n) is 2.23. The van der Waals surface area contributed by atoms with Gasteiger partial charge in [-0.05, 0) is 24.3 Å². The minimum absolute atomic E-state index is 0.0333. The number of hydrogen-bond donors (Lipinski definition) is 1. The molecule has 0 atom stereocenters. The van der Waals surface area contributed by atoms with Gasteiger partial charge in [0, 0.05) is 18.0 Å². The van der Waals surface area contributed by atoms with Crippen LogP contribution in [0.2, 0.25) is 5.15 Å². The standard InChI is InChI=1S/C12H8ClF2N3O2/c13-9-10(17-6-5-16-9)18-11(19)7-1-3-8(4-2-7)20-12(14)15/h1-6,12H,(H,17,18,19). The van der Waals surface area contributed by atoms with Gasteiger partial charge in [-0.1, -0.05) is 11.6 Å². The van der Waals surface area contributed by atoms with Crippen molar-refractivity contribution in [2.45, 2.75) is 6.61 Å². The molecular weight excluding hydrogens is 292 g/mol. The summed E-state index contributed by atoms with van der Waals surface area (Å²) in [6.45, 7) is -2.91. The van der Waals surface area contributed by atoms with Gasteiger partial charge >= 0.3 is 6.61 Å². The van der Waals surface area contributed by atoms with E-state index in [4.69, 9.17) is 11.6 Å². The lowest BCUT2D eigenvalue weighted by atomic mass is 10.2. The number of halogens is 3. The average Bonchev–Trinajstić information content (AvgIpc) is 2.41. The van der Waals surface area contributed by atoms with Crippen LogP contribution >= 0.6 is 11.6 Å². The van der Waals surface area contributed by atoms with E-state index in [2.05, 4.69) is 20.0 Å². The average molecular weight is 300 g/mol. The van der Waals surface area contributed by atoms with Gasteiger partial charge in [0.05, 0.1) is 0 Å². The van der Waals surface area contributed by atoms with E-state index in [-0.39, 0.29) is 22.3 Å². The van der Waals surface area contributed by atoms with Crippen molar-refractivity contribution in [3.8, 4) is 5.75 Å². The predicted molar refractivity (Wildman–Crippen MR) is 68.1 cm³/mol. The molecule has 1 aromatic heterocycles. The fourth-order valence-corrected chi connectivity index (χ4v) is 1.52. The summed E-state index contributed by atoms with van der Waals surface area (Å²) in [4.78, 5) is 19.5. The fraction of sp³-hybridized carbons (Fsp3) is 0.0833. The lowest BCUT2D eigenvalue weighted by molar-refractivity contribution is -0.0498. The lowest BCUT2D eigenvalue weighted by Gasteiger charge is -2.07. The van der Waals surface area contributed by atoms with E-state index in [9.17, 15) is 13.6 Å². The van der Waals surface area contributed by atoms with Crippen LogP contribution in [0.4, 0.5) is 14.6 Å². The number of nitrogens with zero attached hydrogens (tertiary/aromatic N) is 2. The van der Waals surface area contributed by atoms with Crippen LogP contribution in [0, 0.1) is 0 Å². The van der Waals surface area contributed by atoms with Gasteiger partial charge in [0.25, 0.3) is 5.91 Å². The van der Waals surface area contributed by atoms with Crippen LogP contribution in [-0.4, -0.2) is 22.5 Å². The number of anilines is 1. The van der Waals surface area contributed by atoms with Crippen molar-refractivity contribution in [1.82, 2.24) is 9.97 Å². The summed E-state index contributed by atoms with van der Waals surface area (Å²) in [5.41, 5.74) is 0.244. The number of aromatic nitrogens is 2. The summed E-state index contributed by atoms with van der Waals surface area (Å²) in [7, 11) is 0. The molecule has 0 aliphatic heterocycles. The monoisotopic (exact) mass is 299 g/mol. The van der Waals surface area contributed by atoms with Gasteiger partial charge in [0.1, 0.15) is 5.75 Å². The molecule has 2 aromatic rings. The summed E-state index contributed by atoms with van der Waals surface area (Å²) in [6, 6.07) is 5.22. The summed E-state index contributed by atoms with van der Waals surface area (Å²) in [5, 5.41) is 2.51. The van der Waals surface area contributed by atoms with Gasteiger partial charge in [0.15, 0.2) is 11.0 Å². The second kappa shape index (κ2) is 6.25. The van der Waals surface area contributed by atoms with Crippen molar-refractivity contribution in [2.24, 2.45) is 0 Å². The van der Waals surface area contributed by atoms with Gasteiger partial charge < -0.3 is 10.1 Å². The molecule has 5 nitrogen and oxygen atoms in total. The minimum Gasteiger partial charge on any atom is -0.435 e. The van der Waals surface area contributed by atoms with E-state index in [1.807, 2.05) is 0 Å². The van der Waals surface area contributed by atoms with Crippen molar-refractivity contribution in [1.29, 1.82) is 0 Å². The van der Waals surface area contributed by atoms with E-state index < -0.39 is 12.5 Å². The minimum atomic E-state index is -2.91. The van der Waals surface area contributed by atoms with Crippen LogP contribution in [0.15, 0.2) is 36.7 Å². The van der Waals surface area contributed by atoms with Crippen LogP contribution in [0.3, 0.4) is 0 Å². The molecule has 0 aliphatic rings.